The van der Waals surface area contributed by atoms with E-state index in [0.717, 1.165) is 12.7 Å². The Labute approximate surface area is 294 Å². The smallest absolute Gasteiger partial charge is 0.407 e. The maximum atomic E-state index is 12.9. The number of benzene rings is 2. The first-order chi connectivity index (χ1) is 24.1. The molecule has 0 aliphatic rings. The van der Waals surface area contributed by atoms with E-state index in [1.165, 1.54) is 0 Å². The number of sulfonamides is 1. The van der Waals surface area contributed by atoms with Crippen LogP contribution in [0.4, 0.5) is 4.79 Å². The SMILES string of the molecule is COC(=O)[C@H](CN)NS(=O)(=O)c1c(C)cc(OCCCC(=O)NCCCOCCOCCOCCCNC(=O)OCc2ccccc2)cc1C. The van der Waals surface area contributed by atoms with Crippen molar-refractivity contribution in [3.8, 4) is 5.75 Å². The van der Waals surface area contributed by atoms with Crippen LogP contribution < -0.4 is 25.8 Å². The fourth-order valence-corrected chi connectivity index (χ4v) is 6.24. The second-order valence-corrected chi connectivity index (χ2v) is 12.8. The van der Waals surface area contributed by atoms with E-state index in [9.17, 15) is 22.8 Å². The zero-order chi connectivity index (χ0) is 36.6. The Morgan fingerprint density at radius 3 is 1.96 bits per heavy atom. The third-order valence-electron chi connectivity index (χ3n) is 7.02. The highest BCUT2D eigenvalue weighted by Crippen LogP contribution is 2.26. The van der Waals surface area contributed by atoms with Gasteiger partial charge < -0.3 is 44.8 Å². The highest BCUT2D eigenvalue weighted by atomic mass is 32.2. The molecule has 0 aromatic heterocycles. The highest BCUT2D eigenvalue weighted by molar-refractivity contribution is 7.89. The predicted molar refractivity (Wildman–Crippen MR) is 185 cm³/mol. The van der Waals surface area contributed by atoms with Crippen LogP contribution in [0.5, 0.6) is 5.75 Å². The number of carbonyl (C=O) groups is 3. The van der Waals surface area contributed by atoms with Crippen molar-refractivity contribution in [2.75, 3.05) is 73.0 Å². The zero-order valence-corrected chi connectivity index (χ0v) is 30.0. The normalized spacial score (nSPS) is 11.8. The molecule has 0 radical (unpaired) electrons. The number of amides is 2. The van der Waals surface area contributed by atoms with Gasteiger partial charge in [-0.3, -0.25) is 9.59 Å². The van der Waals surface area contributed by atoms with Crippen molar-refractivity contribution in [3.63, 3.8) is 0 Å². The van der Waals surface area contributed by atoms with E-state index >= 15 is 0 Å². The molecule has 0 heterocycles. The number of rotatable bonds is 26. The van der Waals surface area contributed by atoms with Crippen LogP contribution in [0.1, 0.15) is 42.4 Å². The Bertz CT molecular complexity index is 1390. The van der Waals surface area contributed by atoms with Gasteiger partial charge in [0.05, 0.1) is 45.0 Å². The molecule has 0 bridgehead atoms. The van der Waals surface area contributed by atoms with E-state index in [1.54, 1.807) is 26.0 Å². The summed E-state index contributed by atoms with van der Waals surface area (Å²) in [7, 11) is -2.89. The maximum Gasteiger partial charge on any atom is 0.407 e. The van der Waals surface area contributed by atoms with Gasteiger partial charge in [0, 0.05) is 39.3 Å². The molecule has 0 fully saturated rings. The molecule has 280 valence electrons. The average molecular weight is 725 g/mol. The van der Waals surface area contributed by atoms with Crippen LogP contribution in [0.2, 0.25) is 0 Å². The second kappa shape index (κ2) is 24.4. The molecule has 0 spiro atoms. The summed E-state index contributed by atoms with van der Waals surface area (Å²) in [4.78, 5) is 35.7. The van der Waals surface area contributed by atoms with Gasteiger partial charge in [-0.25, -0.2) is 13.2 Å². The number of aryl methyl sites for hydroxylation is 2. The number of methoxy groups -OCH3 is 1. The van der Waals surface area contributed by atoms with Gasteiger partial charge in [0.15, 0.2) is 0 Å². The molecular formula is C34H52N4O11S. The number of hydrogen-bond acceptors (Lipinski definition) is 12. The highest BCUT2D eigenvalue weighted by Gasteiger charge is 2.28. The summed E-state index contributed by atoms with van der Waals surface area (Å²) in [5, 5.41) is 5.53. The lowest BCUT2D eigenvalue weighted by Gasteiger charge is -2.18. The van der Waals surface area contributed by atoms with Crippen molar-refractivity contribution in [2.45, 2.75) is 57.1 Å². The summed E-state index contributed by atoms with van der Waals surface area (Å²) >= 11 is 0. The van der Waals surface area contributed by atoms with Gasteiger partial charge in [-0.05, 0) is 61.9 Å². The molecule has 0 saturated heterocycles. The average Bonchev–Trinajstić information content (AvgIpc) is 3.09. The van der Waals surface area contributed by atoms with E-state index < -0.39 is 28.1 Å². The number of ether oxygens (including phenoxy) is 6. The lowest BCUT2D eigenvalue weighted by Crippen LogP contribution is -2.46. The summed E-state index contributed by atoms with van der Waals surface area (Å²) in [6.07, 6.45) is 1.61. The first-order valence-corrected chi connectivity index (χ1v) is 18.0. The van der Waals surface area contributed by atoms with Crippen LogP contribution >= 0.6 is 0 Å². The molecule has 15 nitrogen and oxygen atoms in total. The number of nitrogens with two attached hydrogens (primary N) is 1. The Kier molecular flexibility index (Phi) is 20.6. The minimum atomic E-state index is -4.05. The summed E-state index contributed by atoms with van der Waals surface area (Å²) in [6, 6.07) is 11.5. The van der Waals surface area contributed by atoms with Crippen molar-refractivity contribution >= 4 is 28.0 Å². The van der Waals surface area contributed by atoms with Gasteiger partial charge in [0.25, 0.3) is 0 Å². The van der Waals surface area contributed by atoms with Gasteiger partial charge in [-0.1, -0.05) is 30.3 Å². The van der Waals surface area contributed by atoms with E-state index in [-0.39, 0.29) is 37.0 Å². The lowest BCUT2D eigenvalue weighted by atomic mass is 10.1. The number of hydrogen-bond donors (Lipinski definition) is 4. The van der Waals surface area contributed by atoms with Crippen LogP contribution in [0.15, 0.2) is 47.4 Å². The van der Waals surface area contributed by atoms with Crippen LogP contribution in [-0.2, 0) is 49.9 Å². The molecule has 1 atom stereocenters. The maximum absolute atomic E-state index is 12.9. The monoisotopic (exact) mass is 724 g/mol. The van der Waals surface area contributed by atoms with E-state index in [1.807, 2.05) is 30.3 Å². The first-order valence-electron chi connectivity index (χ1n) is 16.6. The Morgan fingerprint density at radius 2 is 1.38 bits per heavy atom. The van der Waals surface area contributed by atoms with E-state index in [4.69, 9.17) is 29.4 Å². The van der Waals surface area contributed by atoms with Gasteiger partial charge >= 0.3 is 12.1 Å². The summed E-state index contributed by atoms with van der Waals surface area (Å²) in [5.41, 5.74) is 7.33. The fourth-order valence-electron chi connectivity index (χ4n) is 4.59. The Hall–Kier alpha value is -3.80. The molecule has 0 unspecified atom stereocenters. The first kappa shape index (κ1) is 42.4. The van der Waals surface area contributed by atoms with Crippen molar-refractivity contribution in [1.29, 1.82) is 0 Å². The molecule has 2 amide bonds. The van der Waals surface area contributed by atoms with Gasteiger partial charge in [-0.15, -0.1) is 0 Å². The summed E-state index contributed by atoms with van der Waals surface area (Å²) < 4.78 is 60.1. The molecule has 0 aliphatic heterocycles. The summed E-state index contributed by atoms with van der Waals surface area (Å²) in [6.45, 7) is 7.19. The molecule has 5 N–H and O–H groups in total. The predicted octanol–water partition coefficient (Wildman–Crippen LogP) is 2.11. The molecular weight excluding hydrogens is 672 g/mol. The largest absolute Gasteiger partial charge is 0.494 e. The quantitative estimate of drug-likeness (QED) is 0.0815. The van der Waals surface area contributed by atoms with Gasteiger partial charge in [0.1, 0.15) is 18.4 Å². The molecule has 0 aliphatic carbocycles. The molecule has 2 aromatic rings. The molecule has 16 heteroatoms. The summed E-state index contributed by atoms with van der Waals surface area (Å²) in [5.74, 6) is -0.404. The topological polar surface area (TPSA) is 203 Å². The third-order valence-corrected chi connectivity index (χ3v) is 8.79. The minimum absolute atomic E-state index is 0.0336. The van der Waals surface area contributed by atoms with Crippen LogP contribution in [0.3, 0.4) is 0 Å². The minimum Gasteiger partial charge on any atom is -0.494 e. The zero-order valence-electron chi connectivity index (χ0n) is 29.2. The van der Waals surface area contributed by atoms with Crippen molar-refractivity contribution in [2.24, 2.45) is 5.73 Å². The lowest BCUT2D eigenvalue weighted by molar-refractivity contribution is -0.142. The standard InChI is InChI=1S/C34H52N4O11S/c1-26-22-29(23-27(2)32(26)50(42,43)38-30(24-35)33(40)44-3)48-17-7-12-31(39)36-13-8-15-45-18-20-47-21-19-46-16-9-14-37-34(41)49-25-28-10-5-4-6-11-28/h4-6,10-11,22-23,30,38H,7-9,12-21,24-25,35H2,1-3H3,(H,36,39)(H,37,41)/t30-/m0/s1. The molecule has 0 saturated carbocycles. The van der Waals surface area contributed by atoms with Crippen LogP contribution in [-0.4, -0.2) is 105 Å². The van der Waals surface area contributed by atoms with Gasteiger partial charge in [0.2, 0.25) is 15.9 Å². The Morgan fingerprint density at radius 1 is 0.800 bits per heavy atom. The number of nitrogens with one attached hydrogen (secondary N) is 3. The van der Waals surface area contributed by atoms with Crippen molar-refractivity contribution in [3.05, 3.63) is 59.2 Å². The molecule has 2 rings (SSSR count). The molecule has 2 aromatic carbocycles. The van der Waals surface area contributed by atoms with Crippen LogP contribution in [0, 0.1) is 13.8 Å². The number of alkyl carbamates (subject to hydrolysis) is 1. The van der Waals surface area contributed by atoms with Gasteiger partial charge in [-0.2, -0.15) is 4.72 Å². The number of esters is 1. The second-order valence-electron chi connectivity index (χ2n) is 11.2. The Balaban J connectivity index is 1.43. The van der Waals surface area contributed by atoms with E-state index in [2.05, 4.69) is 20.1 Å². The van der Waals surface area contributed by atoms with Crippen molar-refractivity contribution < 1.29 is 51.2 Å². The molecule has 50 heavy (non-hydrogen) atoms. The van der Waals surface area contributed by atoms with E-state index in [0.29, 0.717) is 88.9 Å². The van der Waals surface area contributed by atoms with Crippen molar-refractivity contribution in [1.82, 2.24) is 15.4 Å². The number of carbonyl (C=O) groups excluding carboxylic acids is 3. The third kappa shape index (κ3) is 17.2. The van der Waals surface area contributed by atoms with Crippen LogP contribution in [0.25, 0.3) is 0 Å². The fraction of sp³-hybridized carbons (Fsp3) is 0.559.